The highest BCUT2D eigenvalue weighted by molar-refractivity contribution is 7.61. The van der Waals surface area contributed by atoms with Crippen molar-refractivity contribution in [3.63, 3.8) is 0 Å². The predicted molar refractivity (Wildman–Crippen MR) is 208 cm³/mol. The topological polar surface area (TPSA) is 121 Å². The standard InChI is InChI=1S/C40H68O9P2/c1-31(2)13-9-15-33(5)17-11-19-35(7)21-23-45-27-37-25-39(37)29-47-51(44,49-50(41,42)43)48-30-40-26-38(40)28-46-24-22-36(8)20-12-18-34(6)16-10-14-32(3)4/h13-14,17-18,21-22,37-40H,9-12,15-16,19-20,23-30H2,1-8H3,(H2,41,42,43)/b33-17+,34-18+,35-21+,36-22+. The first-order valence-corrected chi connectivity index (χ1v) is 21.7. The van der Waals surface area contributed by atoms with E-state index in [0.29, 0.717) is 26.4 Å². The zero-order valence-electron chi connectivity index (χ0n) is 32.7. The van der Waals surface area contributed by atoms with Gasteiger partial charge in [0, 0.05) is 0 Å². The van der Waals surface area contributed by atoms with Crippen molar-refractivity contribution in [2.75, 3.05) is 39.6 Å². The van der Waals surface area contributed by atoms with Crippen molar-refractivity contribution < 1.29 is 41.7 Å². The van der Waals surface area contributed by atoms with E-state index in [0.717, 1.165) is 64.2 Å². The van der Waals surface area contributed by atoms with Gasteiger partial charge in [-0.05, 0) is 143 Å². The molecule has 9 nitrogen and oxygen atoms in total. The maximum Gasteiger partial charge on any atom is 0.483 e. The Balaban J connectivity index is 1.62. The summed E-state index contributed by atoms with van der Waals surface area (Å²) in [6.45, 7) is 19.3. The molecule has 0 aromatic rings. The first-order valence-electron chi connectivity index (χ1n) is 18.8. The zero-order chi connectivity index (χ0) is 37.9. The molecule has 2 aliphatic rings. The molecule has 0 spiro atoms. The second kappa shape index (κ2) is 24.1. The van der Waals surface area contributed by atoms with Crippen LogP contribution in [0.5, 0.6) is 0 Å². The molecule has 11 heteroatoms. The van der Waals surface area contributed by atoms with Crippen molar-refractivity contribution in [1.82, 2.24) is 0 Å². The van der Waals surface area contributed by atoms with E-state index in [9.17, 15) is 18.9 Å². The van der Waals surface area contributed by atoms with Crippen LogP contribution in [-0.2, 0) is 32.0 Å². The molecule has 0 amide bonds. The third-order valence-corrected chi connectivity index (χ3v) is 11.8. The molecule has 0 saturated heterocycles. The highest BCUT2D eigenvalue weighted by Gasteiger charge is 2.45. The maximum atomic E-state index is 13.1. The van der Waals surface area contributed by atoms with Crippen LogP contribution in [0.1, 0.15) is 120 Å². The van der Waals surface area contributed by atoms with E-state index in [2.05, 4.69) is 96.2 Å². The molecule has 0 aliphatic heterocycles. The minimum absolute atomic E-state index is 0.0215. The third kappa shape index (κ3) is 23.8. The lowest BCUT2D eigenvalue weighted by molar-refractivity contribution is 0.113. The second-order valence-electron chi connectivity index (χ2n) is 15.1. The molecule has 51 heavy (non-hydrogen) atoms. The van der Waals surface area contributed by atoms with Crippen molar-refractivity contribution >= 4 is 15.6 Å². The van der Waals surface area contributed by atoms with Crippen LogP contribution in [0.15, 0.2) is 69.9 Å². The van der Waals surface area contributed by atoms with Gasteiger partial charge in [0.2, 0.25) is 0 Å². The summed E-state index contributed by atoms with van der Waals surface area (Å²) in [6.07, 6.45) is 23.5. The second-order valence-corrected chi connectivity index (χ2v) is 18.2. The van der Waals surface area contributed by atoms with E-state index in [1.807, 2.05) is 0 Å². The number of hydrogen-bond donors (Lipinski definition) is 2. The van der Waals surface area contributed by atoms with Gasteiger partial charge in [-0.25, -0.2) is 9.13 Å². The number of allylic oxidation sites excluding steroid dienone is 10. The highest BCUT2D eigenvalue weighted by atomic mass is 31.3. The van der Waals surface area contributed by atoms with Crippen molar-refractivity contribution in [1.29, 1.82) is 0 Å². The average Bonchev–Trinajstić information content (AvgIpc) is 3.95. The molecular formula is C40H68O9P2. The minimum Gasteiger partial charge on any atom is -0.377 e. The summed E-state index contributed by atoms with van der Waals surface area (Å²) in [6, 6.07) is 0. The van der Waals surface area contributed by atoms with E-state index in [1.54, 1.807) is 0 Å². The Morgan fingerprint density at radius 1 is 0.529 bits per heavy atom. The molecular weight excluding hydrogens is 686 g/mol. The predicted octanol–water partition coefficient (Wildman–Crippen LogP) is 11.4. The summed E-state index contributed by atoms with van der Waals surface area (Å²) < 4.78 is 51.8. The van der Waals surface area contributed by atoms with E-state index in [1.165, 1.54) is 33.4 Å². The zero-order valence-corrected chi connectivity index (χ0v) is 34.5. The van der Waals surface area contributed by atoms with Gasteiger partial charge in [-0.1, -0.05) is 69.9 Å². The summed E-state index contributed by atoms with van der Waals surface area (Å²) in [5.41, 5.74) is 8.15. The minimum atomic E-state index is -5.09. The molecule has 0 radical (unpaired) electrons. The van der Waals surface area contributed by atoms with Crippen LogP contribution >= 0.6 is 15.6 Å². The smallest absolute Gasteiger partial charge is 0.377 e. The van der Waals surface area contributed by atoms with Gasteiger partial charge < -0.3 is 19.3 Å². The lowest BCUT2D eigenvalue weighted by Gasteiger charge is -2.18. The van der Waals surface area contributed by atoms with Gasteiger partial charge in [-0.3, -0.25) is 9.05 Å². The number of phosphoric acid groups is 2. The van der Waals surface area contributed by atoms with Gasteiger partial charge in [0.25, 0.3) is 0 Å². The summed E-state index contributed by atoms with van der Waals surface area (Å²) in [5.74, 6) is 0.597. The van der Waals surface area contributed by atoms with Gasteiger partial charge >= 0.3 is 15.6 Å². The van der Waals surface area contributed by atoms with E-state index in [-0.39, 0.29) is 36.9 Å². The number of rotatable bonds is 28. The Kier molecular flexibility index (Phi) is 21.6. The molecule has 0 aromatic carbocycles. The summed E-state index contributed by atoms with van der Waals surface area (Å²) in [7, 11) is -9.54. The molecule has 0 aromatic heterocycles. The van der Waals surface area contributed by atoms with Crippen molar-refractivity contribution in [3.8, 4) is 0 Å². The lowest BCUT2D eigenvalue weighted by Crippen LogP contribution is -2.07. The number of phosphoric ester groups is 1. The summed E-state index contributed by atoms with van der Waals surface area (Å²) in [5, 5.41) is 0. The summed E-state index contributed by atoms with van der Waals surface area (Å²) in [4.78, 5) is 18.7. The lowest BCUT2D eigenvalue weighted by atomic mass is 10.1. The molecule has 0 heterocycles. The van der Waals surface area contributed by atoms with E-state index in [4.69, 9.17) is 18.5 Å². The molecule has 2 saturated carbocycles. The van der Waals surface area contributed by atoms with Crippen LogP contribution in [0.2, 0.25) is 0 Å². The Morgan fingerprint density at radius 3 is 1.22 bits per heavy atom. The molecule has 0 bridgehead atoms. The Bertz CT molecular complexity index is 1240. The van der Waals surface area contributed by atoms with E-state index >= 15 is 0 Å². The number of hydrogen-bond acceptors (Lipinski definition) is 7. The van der Waals surface area contributed by atoms with Crippen LogP contribution in [0.25, 0.3) is 0 Å². The van der Waals surface area contributed by atoms with Crippen LogP contribution < -0.4 is 0 Å². The first-order chi connectivity index (χ1) is 24.0. The van der Waals surface area contributed by atoms with Crippen molar-refractivity contribution in [2.24, 2.45) is 23.7 Å². The van der Waals surface area contributed by atoms with Crippen LogP contribution in [-0.4, -0.2) is 49.4 Å². The average molecular weight is 755 g/mol. The molecule has 4 atom stereocenters. The monoisotopic (exact) mass is 754 g/mol. The normalized spacial score (nSPS) is 22.5. The SMILES string of the molecule is CC(C)=CCC/C(C)=C/CC/C(C)=C/COCC1CC1COP(=O)(OCC1CC1COC/C=C(\C)CC/C=C(\C)CCC=C(C)C)OP(=O)(O)O. The fourth-order valence-corrected chi connectivity index (χ4v) is 7.79. The molecule has 292 valence electrons. The van der Waals surface area contributed by atoms with Gasteiger partial charge in [-0.15, -0.1) is 0 Å². The van der Waals surface area contributed by atoms with Gasteiger partial charge in [0.15, 0.2) is 0 Å². The quantitative estimate of drug-likeness (QED) is 0.0457. The Hall–Kier alpha value is -1.38. The van der Waals surface area contributed by atoms with Crippen LogP contribution in [0, 0.1) is 23.7 Å². The van der Waals surface area contributed by atoms with Crippen molar-refractivity contribution in [2.45, 2.75) is 120 Å². The largest absolute Gasteiger partial charge is 0.483 e. The molecule has 2 fully saturated rings. The third-order valence-electron chi connectivity index (χ3n) is 9.25. The van der Waals surface area contributed by atoms with Crippen LogP contribution in [0.3, 0.4) is 0 Å². The molecule has 2 aliphatic carbocycles. The van der Waals surface area contributed by atoms with Gasteiger partial charge in [-0.2, -0.15) is 4.31 Å². The Labute approximate surface area is 309 Å². The molecule has 2 N–H and O–H groups in total. The van der Waals surface area contributed by atoms with Gasteiger partial charge in [0.05, 0.1) is 39.6 Å². The molecule has 4 unspecified atom stereocenters. The summed E-state index contributed by atoms with van der Waals surface area (Å²) >= 11 is 0. The molecule has 2 rings (SSSR count). The fraction of sp³-hybridized carbons (Fsp3) is 0.700. The number of ether oxygens (including phenoxy) is 2. The fourth-order valence-electron chi connectivity index (χ4n) is 5.54. The Morgan fingerprint density at radius 2 is 0.863 bits per heavy atom. The van der Waals surface area contributed by atoms with E-state index < -0.39 is 15.6 Å². The van der Waals surface area contributed by atoms with Crippen LogP contribution in [0.4, 0.5) is 0 Å². The maximum absolute atomic E-state index is 13.1. The van der Waals surface area contributed by atoms with Gasteiger partial charge in [0.1, 0.15) is 0 Å². The highest BCUT2D eigenvalue weighted by Crippen LogP contribution is 2.63. The van der Waals surface area contributed by atoms with Crippen molar-refractivity contribution in [3.05, 3.63) is 69.9 Å². The first kappa shape index (κ1) is 45.8.